The molecule has 0 rings (SSSR count). The van der Waals surface area contributed by atoms with Gasteiger partial charge in [-0.25, -0.2) is 0 Å². The van der Waals surface area contributed by atoms with Crippen LogP contribution < -0.4 is 59.1 Å². The SMILES string of the molecule is C.CO.CS(=O)([O-])=S.CS(=O)[O-].S.[Na+].[Na+]. The van der Waals surface area contributed by atoms with Crippen molar-refractivity contribution in [1.82, 2.24) is 0 Å². The summed E-state index contributed by atoms with van der Waals surface area (Å²) >= 11 is 1.94. The van der Waals surface area contributed by atoms with Crippen LogP contribution in [0.1, 0.15) is 7.43 Å². The van der Waals surface area contributed by atoms with Crippen LogP contribution in [0.3, 0.4) is 0 Å². The van der Waals surface area contributed by atoms with E-state index in [9.17, 15) is 8.76 Å². The minimum absolute atomic E-state index is 0. The molecule has 0 saturated heterocycles. The van der Waals surface area contributed by atoms with Gasteiger partial charge in [-0.1, -0.05) is 18.5 Å². The Bertz CT molecular complexity index is 171. The van der Waals surface area contributed by atoms with Crippen molar-refractivity contribution in [3.8, 4) is 0 Å². The quantitative estimate of drug-likeness (QED) is 0.352. The van der Waals surface area contributed by atoms with Crippen molar-refractivity contribution in [2.24, 2.45) is 0 Å². The molecule has 2 unspecified atom stereocenters. The van der Waals surface area contributed by atoms with Crippen molar-refractivity contribution in [2.45, 2.75) is 7.43 Å². The third-order valence-corrected chi connectivity index (χ3v) is 0. The average molecular weight is 318 g/mol. The van der Waals surface area contributed by atoms with Crippen LogP contribution in [0, 0.1) is 0 Å². The van der Waals surface area contributed by atoms with Crippen LogP contribution in [-0.2, 0) is 31.0 Å². The minimum atomic E-state index is -3.08. The maximum atomic E-state index is 9.45. The van der Waals surface area contributed by atoms with E-state index in [0.717, 1.165) is 19.6 Å². The van der Waals surface area contributed by atoms with E-state index in [4.69, 9.17) is 13.9 Å². The molecule has 11 heteroatoms. The van der Waals surface area contributed by atoms with Crippen LogP contribution >= 0.6 is 13.5 Å². The van der Waals surface area contributed by atoms with Gasteiger partial charge in [-0.05, 0) is 26.2 Å². The fourth-order valence-electron chi connectivity index (χ4n) is 0. The Morgan fingerprint density at radius 3 is 1.33 bits per heavy atom. The minimum Gasteiger partial charge on any atom is -0.773 e. The Hall–Kier alpha value is 2.75. The normalized spacial score (nSPS) is 11.6. The maximum absolute atomic E-state index is 9.45. The fraction of sp³-hybridized carbons (Fsp3) is 1.00. The van der Waals surface area contributed by atoms with Crippen molar-refractivity contribution in [3.05, 3.63) is 0 Å². The molecule has 15 heavy (non-hydrogen) atoms. The first-order valence-electron chi connectivity index (χ1n) is 2.10. The maximum Gasteiger partial charge on any atom is 1.00 e. The van der Waals surface area contributed by atoms with Gasteiger partial charge in [0.05, 0.1) is 0 Å². The number of aliphatic hydroxyl groups is 1. The topological polar surface area (TPSA) is 100 Å². The Labute approximate surface area is 151 Å². The molecule has 0 amide bonds. The van der Waals surface area contributed by atoms with Gasteiger partial charge >= 0.3 is 59.1 Å². The Morgan fingerprint density at radius 2 is 1.33 bits per heavy atom. The molecule has 0 aliphatic heterocycles. The van der Waals surface area contributed by atoms with Crippen molar-refractivity contribution < 1.29 is 81.7 Å². The van der Waals surface area contributed by atoms with Crippen LogP contribution in [0.25, 0.3) is 0 Å². The third-order valence-electron chi connectivity index (χ3n) is 0. The van der Waals surface area contributed by atoms with Crippen molar-refractivity contribution in [2.75, 3.05) is 19.6 Å². The largest absolute Gasteiger partial charge is 1.00 e. The molecule has 2 atom stereocenters. The molecule has 88 valence electrons. The van der Waals surface area contributed by atoms with Crippen LogP contribution in [0.15, 0.2) is 0 Å². The van der Waals surface area contributed by atoms with E-state index in [0.29, 0.717) is 0 Å². The monoisotopic (exact) mass is 318 g/mol. The number of aliphatic hydroxyl groups excluding tert-OH is 1. The summed E-state index contributed by atoms with van der Waals surface area (Å²) in [6.45, 7) is 0. The zero-order valence-electron chi connectivity index (χ0n) is 8.80. The second-order valence-electron chi connectivity index (χ2n) is 1.11. The summed E-state index contributed by atoms with van der Waals surface area (Å²) in [6.07, 6.45) is 2.06. The fourth-order valence-corrected chi connectivity index (χ4v) is 0. The first-order valence-corrected chi connectivity index (χ1v) is 6.40. The first kappa shape index (κ1) is 43.1. The summed E-state index contributed by atoms with van der Waals surface area (Å²) in [5.41, 5.74) is 0. The van der Waals surface area contributed by atoms with Gasteiger partial charge in [-0.3, -0.25) is 8.42 Å². The number of hydrogen-bond acceptors (Lipinski definition) is 6. The number of rotatable bonds is 0. The molecule has 0 aromatic carbocycles. The van der Waals surface area contributed by atoms with Crippen LogP contribution in [0.5, 0.6) is 0 Å². The molecule has 0 spiro atoms. The zero-order chi connectivity index (χ0) is 10.1. The predicted molar refractivity (Wildman–Crippen MR) is 62.3 cm³/mol. The molecular weight excluding hydrogens is 302 g/mol. The van der Waals surface area contributed by atoms with Gasteiger partial charge in [0.1, 0.15) is 0 Å². The molecule has 0 fully saturated rings. The number of hydrogen-bond donors (Lipinski definition) is 1. The van der Waals surface area contributed by atoms with Gasteiger partial charge < -0.3 is 14.2 Å². The van der Waals surface area contributed by atoms with Crippen molar-refractivity contribution >= 4 is 44.5 Å². The molecule has 0 heterocycles. The van der Waals surface area contributed by atoms with E-state index < -0.39 is 19.9 Å². The Morgan fingerprint density at radius 1 is 1.33 bits per heavy atom. The molecule has 0 radical (unpaired) electrons. The van der Waals surface area contributed by atoms with Gasteiger partial charge in [0.25, 0.3) is 0 Å². The van der Waals surface area contributed by atoms with Gasteiger partial charge in [0.15, 0.2) is 0 Å². The molecule has 0 aromatic rings. The summed E-state index contributed by atoms with van der Waals surface area (Å²) in [7, 11) is -2.08. The van der Waals surface area contributed by atoms with Crippen molar-refractivity contribution in [3.63, 3.8) is 0 Å². The van der Waals surface area contributed by atoms with Crippen LogP contribution in [0.2, 0.25) is 0 Å². The van der Waals surface area contributed by atoms with E-state index >= 15 is 0 Å². The standard InChI is InChI=1S/CH4O2S2.CH4O2S.CH4O.CH4.2Na.H2S/c1-5(2,3)4;1-4(2)3;1-2;;;;/h1H3,(H,2,3,4);1H3,(H,2,3);2H,1H3;1H4;;;1H2/q;;;;2*+1;/p-2. The molecule has 5 nitrogen and oxygen atoms in total. The summed E-state index contributed by atoms with van der Waals surface area (Å²) in [4.78, 5) is 0. The third kappa shape index (κ3) is 482. The van der Waals surface area contributed by atoms with Gasteiger partial charge in [-0.2, -0.15) is 13.5 Å². The molecular formula is C4H16Na2O5S4. The van der Waals surface area contributed by atoms with Crippen LogP contribution in [0.4, 0.5) is 0 Å². The van der Waals surface area contributed by atoms with Gasteiger partial charge in [-0.15, -0.1) is 0 Å². The molecule has 0 bridgehead atoms. The predicted octanol–water partition coefficient (Wildman–Crippen LogP) is -6.65. The first-order chi connectivity index (χ1) is 4.73. The second kappa shape index (κ2) is 30.1. The summed E-state index contributed by atoms with van der Waals surface area (Å²) < 4.78 is 36.9. The molecule has 1 N–H and O–H groups in total. The second-order valence-corrected chi connectivity index (χ2v) is 5.13. The Balaban J connectivity index is -0.0000000120. The molecule has 0 aliphatic rings. The van der Waals surface area contributed by atoms with E-state index in [1.807, 2.05) is 0 Å². The van der Waals surface area contributed by atoms with E-state index in [1.54, 1.807) is 0 Å². The summed E-state index contributed by atoms with van der Waals surface area (Å²) in [6, 6.07) is 0. The van der Waals surface area contributed by atoms with Crippen LogP contribution in [-0.4, -0.2) is 42.3 Å². The summed E-state index contributed by atoms with van der Waals surface area (Å²) in [5.74, 6) is 0. The average Bonchev–Trinajstić information content (AvgIpc) is 1.63. The zero-order valence-corrected chi connectivity index (χ0v) is 16.3. The summed E-state index contributed by atoms with van der Waals surface area (Å²) in [5, 5.41) is 7.00. The van der Waals surface area contributed by atoms with Crippen molar-refractivity contribution in [1.29, 1.82) is 0 Å². The van der Waals surface area contributed by atoms with E-state index in [2.05, 4.69) is 11.2 Å². The van der Waals surface area contributed by atoms with Gasteiger partial charge in [0, 0.05) is 13.4 Å². The smallest absolute Gasteiger partial charge is 0.773 e. The molecule has 0 saturated carbocycles. The molecule has 0 aromatic heterocycles. The Kier molecular flexibility index (Phi) is 86.5. The van der Waals surface area contributed by atoms with E-state index in [-0.39, 0.29) is 80.0 Å². The van der Waals surface area contributed by atoms with Gasteiger partial charge in [0.2, 0.25) is 0 Å². The molecule has 0 aliphatic carbocycles. The van der Waals surface area contributed by atoms with E-state index in [1.165, 1.54) is 0 Å².